The Labute approximate surface area is 226 Å². The van der Waals surface area contributed by atoms with Gasteiger partial charge in [-0.2, -0.15) is 0 Å². The molecule has 2 N–H and O–H groups in total. The number of nitrogens with one attached hydrogen (secondary N) is 2. The number of rotatable bonds is 9. The van der Waals surface area contributed by atoms with Crippen molar-refractivity contribution in [2.75, 3.05) is 13.7 Å². The van der Waals surface area contributed by atoms with Gasteiger partial charge in [-0.05, 0) is 79.6 Å². The third kappa shape index (κ3) is 6.96. The molecular weight excluding hydrogens is 502 g/mol. The molecule has 3 aromatic carbocycles. The predicted molar refractivity (Wildman–Crippen MR) is 144 cm³/mol. The zero-order valence-electron chi connectivity index (χ0n) is 21.7. The van der Waals surface area contributed by atoms with Crippen LogP contribution in [0, 0.1) is 11.6 Å². The van der Waals surface area contributed by atoms with Gasteiger partial charge in [0.2, 0.25) is 0 Å². The summed E-state index contributed by atoms with van der Waals surface area (Å²) in [6.07, 6.45) is 7.74. The van der Waals surface area contributed by atoms with Crippen LogP contribution in [-0.2, 0) is 11.3 Å². The van der Waals surface area contributed by atoms with Crippen molar-refractivity contribution < 1.29 is 27.9 Å². The molecule has 1 aliphatic rings. The van der Waals surface area contributed by atoms with E-state index in [0.717, 1.165) is 32.4 Å². The quantitative estimate of drug-likeness (QED) is 0.263. The largest absolute Gasteiger partial charge is 0.465 e. The number of benzene rings is 3. The van der Waals surface area contributed by atoms with Crippen LogP contribution in [0.15, 0.2) is 72.3 Å². The van der Waals surface area contributed by atoms with Crippen molar-refractivity contribution >= 4 is 17.8 Å². The standard InChI is InChI=1S/C31H30F2N2O4/c1-39-31(38)28-25(8-5-9-26(28)32)23-14-15-24(27(33)18-23)19-35-30(37)22-12-10-21(11-13-22)29(36)34-17-16-20-6-3-2-4-7-20/h5-6,8-15,18H,2-4,7,16-17,19H2,1H3,(H,34,36)(H,35,37). The van der Waals surface area contributed by atoms with Gasteiger partial charge in [0.1, 0.15) is 17.2 Å². The fraction of sp³-hybridized carbons (Fsp3) is 0.258. The van der Waals surface area contributed by atoms with Crippen molar-refractivity contribution in [2.45, 2.75) is 38.6 Å². The average molecular weight is 533 g/mol. The second kappa shape index (κ2) is 13.0. The van der Waals surface area contributed by atoms with Crippen LogP contribution in [0.2, 0.25) is 0 Å². The first-order chi connectivity index (χ1) is 18.9. The lowest BCUT2D eigenvalue weighted by molar-refractivity contribution is 0.0596. The Balaban J connectivity index is 1.34. The minimum atomic E-state index is -0.861. The molecule has 8 heteroatoms. The van der Waals surface area contributed by atoms with E-state index in [9.17, 15) is 23.2 Å². The summed E-state index contributed by atoms with van der Waals surface area (Å²) < 4.78 is 33.8. The summed E-state index contributed by atoms with van der Waals surface area (Å²) in [4.78, 5) is 37.1. The second-order valence-electron chi connectivity index (χ2n) is 9.33. The van der Waals surface area contributed by atoms with Crippen LogP contribution >= 0.6 is 0 Å². The van der Waals surface area contributed by atoms with Gasteiger partial charge in [-0.3, -0.25) is 9.59 Å². The zero-order chi connectivity index (χ0) is 27.8. The fourth-order valence-electron chi connectivity index (χ4n) is 4.55. The van der Waals surface area contributed by atoms with E-state index in [1.807, 2.05) is 0 Å². The van der Waals surface area contributed by atoms with Crippen molar-refractivity contribution in [1.29, 1.82) is 0 Å². The molecule has 0 radical (unpaired) electrons. The topological polar surface area (TPSA) is 84.5 Å². The zero-order valence-corrected chi connectivity index (χ0v) is 21.7. The highest BCUT2D eigenvalue weighted by Gasteiger charge is 2.19. The number of hydrogen-bond acceptors (Lipinski definition) is 4. The molecular formula is C31H30F2N2O4. The fourth-order valence-corrected chi connectivity index (χ4v) is 4.55. The summed E-state index contributed by atoms with van der Waals surface area (Å²) >= 11 is 0. The first kappa shape index (κ1) is 27.7. The molecule has 2 amide bonds. The molecule has 39 heavy (non-hydrogen) atoms. The van der Waals surface area contributed by atoms with E-state index in [1.54, 1.807) is 30.3 Å². The molecule has 0 spiro atoms. The summed E-state index contributed by atoms with van der Waals surface area (Å²) in [6.45, 7) is 0.483. The van der Waals surface area contributed by atoms with Gasteiger partial charge < -0.3 is 15.4 Å². The number of ether oxygens (including phenoxy) is 1. The van der Waals surface area contributed by atoms with Crippen LogP contribution in [0.4, 0.5) is 8.78 Å². The summed E-state index contributed by atoms with van der Waals surface area (Å²) in [5.41, 5.74) is 2.61. The highest BCUT2D eigenvalue weighted by molar-refractivity contribution is 5.98. The Kier molecular flexibility index (Phi) is 9.20. The average Bonchev–Trinajstić information content (AvgIpc) is 2.96. The normalized spacial score (nSPS) is 12.8. The minimum absolute atomic E-state index is 0.0873. The van der Waals surface area contributed by atoms with E-state index in [0.29, 0.717) is 23.2 Å². The van der Waals surface area contributed by atoms with E-state index >= 15 is 0 Å². The molecule has 4 rings (SSSR count). The Morgan fingerprint density at radius 2 is 1.59 bits per heavy atom. The first-order valence-corrected chi connectivity index (χ1v) is 12.9. The van der Waals surface area contributed by atoms with Crippen LogP contribution in [0.3, 0.4) is 0 Å². The molecule has 0 unspecified atom stereocenters. The van der Waals surface area contributed by atoms with Crippen molar-refractivity contribution in [2.24, 2.45) is 0 Å². The summed E-state index contributed by atoms with van der Waals surface area (Å²) in [5, 5.41) is 5.57. The molecule has 0 heterocycles. The number of allylic oxidation sites excluding steroid dienone is 1. The number of halogens is 2. The van der Waals surface area contributed by atoms with Crippen molar-refractivity contribution in [1.82, 2.24) is 10.6 Å². The van der Waals surface area contributed by atoms with Gasteiger partial charge in [-0.1, -0.05) is 35.9 Å². The lowest BCUT2D eigenvalue weighted by Crippen LogP contribution is -2.25. The van der Waals surface area contributed by atoms with E-state index in [2.05, 4.69) is 21.4 Å². The van der Waals surface area contributed by atoms with Gasteiger partial charge in [0.05, 0.1) is 7.11 Å². The minimum Gasteiger partial charge on any atom is -0.465 e. The lowest BCUT2D eigenvalue weighted by atomic mass is 9.97. The molecule has 1 aliphatic carbocycles. The summed E-state index contributed by atoms with van der Waals surface area (Å²) in [6, 6.07) is 14.5. The highest BCUT2D eigenvalue weighted by Crippen LogP contribution is 2.28. The van der Waals surface area contributed by atoms with Crippen LogP contribution in [-0.4, -0.2) is 31.4 Å². The van der Waals surface area contributed by atoms with Crippen LogP contribution in [0.5, 0.6) is 0 Å². The molecule has 202 valence electrons. The maximum absolute atomic E-state index is 14.9. The highest BCUT2D eigenvalue weighted by atomic mass is 19.1. The van der Waals surface area contributed by atoms with Gasteiger partial charge in [0.15, 0.2) is 0 Å². The number of amides is 2. The van der Waals surface area contributed by atoms with E-state index in [-0.39, 0.29) is 29.1 Å². The molecule has 0 fully saturated rings. The third-order valence-corrected chi connectivity index (χ3v) is 6.73. The van der Waals surface area contributed by atoms with Gasteiger partial charge in [-0.15, -0.1) is 0 Å². The van der Waals surface area contributed by atoms with Gasteiger partial charge in [0.25, 0.3) is 11.8 Å². The molecule has 0 aliphatic heterocycles. The van der Waals surface area contributed by atoms with Crippen molar-refractivity contribution in [3.05, 3.63) is 106 Å². The summed E-state index contributed by atoms with van der Waals surface area (Å²) in [7, 11) is 1.14. The number of esters is 1. The smallest absolute Gasteiger partial charge is 0.341 e. The third-order valence-electron chi connectivity index (χ3n) is 6.73. The van der Waals surface area contributed by atoms with Gasteiger partial charge in [-0.25, -0.2) is 13.6 Å². The molecule has 0 saturated carbocycles. The molecule has 6 nitrogen and oxygen atoms in total. The van der Waals surface area contributed by atoms with Crippen LogP contribution < -0.4 is 10.6 Å². The van der Waals surface area contributed by atoms with E-state index < -0.39 is 23.5 Å². The Bertz CT molecular complexity index is 1400. The second-order valence-corrected chi connectivity index (χ2v) is 9.33. The maximum atomic E-state index is 14.9. The lowest BCUT2D eigenvalue weighted by Gasteiger charge is -2.13. The molecule has 3 aromatic rings. The number of hydrogen-bond donors (Lipinski definition) is 2. The Morgan fingerprint density at radius 3 is 2.23 bits per heavy atom. The Hall–Kier alpha value is -4.33. The van der Waals surface area contributed by atoms with Crippen molar-refractivity contribution in [3.8, 4) is 11.1 Å². The van der Waals surface area contributed by atoms with Gasteiger partial charge in [0, 0.05) is 29.8 Å². The number of methoxy groups -OCH3 is 1. The van der Waals surface area contributed by atoms with Crippen molar-refractivity contribution in [3.63, 3.8) is 0 Å². The Morgan fingerprint density at radius 1 is 0.872 bits per heavy atom. The number of carbonyl (C=O) groups excluding carboxylic acids is 3. The SMILES string of the molecule is COC(=O)c1c(F)cccc1-c1ccc(CNC(=O)c2ccc(C(=O)NCCC3=CCCCC3)cc2)c(F)c1. The number of carbonyl (C=O) groups is 3. The van der Waals surface area contributed by atoms with Crippen LogP contribution in [0.1, 0.15) is 68.7 Å². The molecule has 0 atom stereocenters. The summed E-state index contributed by atoms with van der Waals surface area (Å²) in [5.74, 6) is -2.87. The van der Waals surface area contributed by atoms with Crippen LogP contribution in [0.25, 0.3) is 11.1 Å². The first-order valence-electron chi connectivity index (χ1n) is 12.9. The molecule has 0 saturated heterocycles. The van der Waals surface area contributed by atoms with E-state index in [1.165, 1.54) is 42.7 Å². The molecule has 0 aromatic heterocycles. The van der Waals surface area contributed by atoms with E-state index in [4.69, 9.17) is 0 Å². The monoisotopic (exact) mass is 532 g/mol. The maximum Gasteiger partial charge on any atom is 0.341 e. The predicted octanol–water partition coefficient (Wildman–Crippen LogP) is 5.97. The van der Waals surface area contributed by atoms with Gasteiger partial charge >= 0.3 is 5.97 Å². The molecule has 0 bridgehead atoms.